The van der Waals surface area contributed by atoms with Gasteiger partial charge in [-0.15, -0.1) is 11.3 Å². The Hall–Kier alpha value is -0.870. The summed E-state index contributed by atoms with van der Waals surface area (Å²) in [5.74, 6) is 1.69. The fraction of sp³-hybridized carbons (Fsp3) is 0.688. The zero-order chi connectivity index (χ0) is 14.3. The maximum atomic E-state index is 12.5. The van der Waals surface area contributed by atoms with Crippen LogP contribution in [0.5, 0.6) is 0 Å². The second-order valence-electron chi connectivity index (χ2n) is 6.40. The third kappa shape index (κ3) is 2.51. The molecule has 1 N–H and O–H groups in total. The highest BCUT2D eigenvalue weighted by Gasteiger charge is 2.40. The van der Waals surface area contributed by atoms with E-state index in [-0.39, 0.29) is 18.1 Å². The van der Waals surface area contributed by atoms with Crippen LogP contribution in [0, 0.1) is 18.8 Å². The van der Waals surface area contributed by atoms with Gasteiger partial charge in [-0.1, -0.05) is 19.8 Å². The molecule has 2 heterocycles. The van der Waals surface area contributed by atoms with Crippen molar-refractivity contribution in [3.63, 3.8) is 0 Å². The molecule has 1 saturated carbocycles. The summed E-state index contributed by atoms with van der Waals surface area (Å²) in [7, 11) is 0. The largest absolute Gasteiger partial charge is 0.320 e. The van der Waals surface area contributed by atoms with E-state index in [0.29, 0.717) is 5.92 Å². The Kier molecular flexibility index (Phi) is 3.87. The van der Waals surface area contributed by atoms with Crippen LogP contribution in [0.15, 0.2) is 12.1 Å². The lowest BCUT2D eigenvalue weighted by molar-refractivity contribution is -0.130. The van der Waals surface area contributed by atoms with Gasteiger partial charge in [-0.25, -0.2) is 0 Å². The topological polar surface area (TPSA) is 32.3 Å². The van der Waals surface area contributed by atoms with Crippen LogP contribution in [-0.4, -0.2) is 23.4 Å². The predicted octanol–water partition coefficient (Wildman–Crippen LogP) is 3.31. The van der Waals surface area contributed by atoms with E-state index in [4.69, 9.17) is 0 Å². The molecule has 1 saturated heterocycles. The maximum Gasteiger partial charge on any atom is 0.241 e. The van der Waals surface area contributed by atoms with Crippen molar-refractivity contribution < 1.29 is 4.79 Å². The Balaban J connectivity index is 1.79. The third-order valence-electron chi connectivity index (χ3n) is 4.87. The normalized spacial score (nSPS) is 34.1. The highest BCUT2D eigenvalue weighted by atomic mass is 32.1. The average Bonchev–Trinajstić information content (AvgIpc) is 3.07. The lowest BCUT2D eigenvalue weighted by atomic mass is 9.97. The molecule has 20 heavy (non-hydrogen) atoms. The van der Waals surface area contributed by atoms with E-state index in [1.807, 2.05) is 6.92 Å². The summed E-state index contributed by atoms with van der Waals surface area (Å²) in [5, 5.41) is 3.46. The molecule has 0 bridgehead atoms. The first-order chi connectivity index (χ1) is 9.56. The van der Waals surface area contributed by atoms with Crippen LogP contribution in [0.4, 0.5) is 0 Å². The summed E-state index contributed by atoms with van der Waals surface area (Å²) in [6, 6.07) is 4.25. The molecule has 1 aliphatic heterocycles. The molecule has 3 rings (SSSR count). The van der Waals surface area contributed by atoms with Crippen molar-refractivity contribution in [2.24, 2.45) is 11.8 Å². The summed E-state index contributed by atoms with van der Waals surface area (Å²) >= 11 is 1.80. The van der Waals surface area contributed by atoms with Gasteiger partial charge < -0.3 is 4.90 Å². The smallest absolute Gasteiger partial charge is 0.241 e. The predicted molar refractivity (Wildman–Crippen MR) is 82.6 cm³/mol. The summed E-state index contributed by atoms with van der Waals surface area (Å²) in [6.45, 7) is 7.35. The van der Waals surface area contributed by atoms with Crippen molar-refractivity contribution in [1.82, 2.24) is 10.2 Å². The number of carbonyl (C=O) groups is 1. The van der Waals surface area contributed by atoms with Crippen LogP contribution in [0.3, 0.4) is 0 Å². The zero-order valence-corrected chi connectivity index (χ0v) is 13.4. The summed E-state index contributed by atoms with van der Waals surface area (Å²) in [5.41, 5.74) is 0. The molecule has 4 atom stereocenters. The standard InChI is InChI=1S/C16H24N2OS/c1-10-5-4-6-13(10)9-18-15(17-12(3)16(18)19)14-8-7-11(2)20-14/h7-8,10,12-13,15,17H,4-6,9H2,1-3H3. The van der Waals surface area contributed by atoms with Crippen LogP contribution in [-0.2, 0) is 4.79 Å². The number of amides is 1. The van der Waals surface area contributed by atoms with Gasteiger partial charge in [-0.05, 0) is 44.2 Å². The number of aryl methyl sites for hydroxylation is 1. The van der Waals surface area contributed by atoms with E-state index >= 15 is 0 Å². The maximum absolute atomic E-state index is 12.5. The van der Waals surface area contributed by atoms with Crippen molar-refractivity contribution in [1.29, 1.82) is 0 Å². The Labute approximate surface area is 125 Å². The van der Waals surface area contributed by atoms with Gasteiger partial charge in [0.25, 0.3) is 0 Å². The summed E-state index contributed by atoms with van der Waals surface area (Å²) in [4.78, 5) is 17.1. The first-order valence-electron chi connectivity index (χ1n) is 7.69. The Morgan fingerprint density at radius 2 is 2.15 bits per heavy atom. The minimum absolute atomic E-state index is 0.0564. The van der Waals surface area contributed by atoms with Crippen LogP contribution >= 0.6 is 11.3 Å². The number of carbonyl (C=O) groups excluding carboxylic acids is 1. The molecule has 1 amide bonds. The highest BCUT2D eigenvalue weighted by Crippen LogP contribution is 2.36. The molecule has 0 aromatic carbocycles. The van der Waals surface area contributed by atoms with Crippen molar-refractivity contribution >= 4 is 17.2 Å². The molecule has 0 spiro atoms. The quantitative estimate of drug-likeness (QED) is 0.927. The number of thiophene rings is 1. The van der Waals surface area contributed by atoms with Crippen molar-refractivity contribution in [2.75, 3.05) is 6.54 Å². The lowest BCUT2D eigenvalue weighted by Crippen LogP contribution is -2.35. The number of rotatable bonds is 3. The van der Waals surface area contributed by atoms with Crippen LogP contribution in [0.25, 0.3) is 0 Å². The van der Waals surface area contributed by atoms with Crippen molar-refractivity contribution in [3.8, 4) is 0 Å². The zero-order valence-electron chi connectivity index (χ0n) is 12.6. The Bertz CT molecular complexity index is 498. The molecule has 1 aromatic heterocycles. The van der Waals surface area contributed by atoms with Gasteiger partial charge in [0, 0.05) is 16.3 Å². The van der Waals surface area contributed by atoms with E-state index in [1.165, 1.54) is 29.0 Å². The van der Waals surface area contributed by atoms with E-state index in [0.717, 1.165) is 12.5 Å². The first kappa shape index (κ1) is 14.1. The molecule has 1 aliphatic carbocycles. The summed E-state index contributed by atoms with van der Waals surface area (Å²) in [6.07, 6.45) is 4.00. The van der Waals surface area contributed by atoms with Gasteiger partial charge in [0.15, 0.2) is 0 Å². The second-order valence-corrected chi connectivity index (χ2v) is 7.72. The monoisotopic (exact) mass is 292 g/mol. The lowest BCUT2D eigenvalue weighted by Gasteiger charge is -2.28. The van der Waals surface area contributed by atoms with E-state index in [2.05, 4.69) is 36.2 Å². The van der Waals surface area contributed by atoms with Gasteiger partial charge >= 0.3 is 0 Å². The van der Waals surface area contributed by atoms with Gasteiger partial charge in [0.2, 0.25) is 5.91 Å². The summed E-state index contributed by atoms with van der Waals surface area (Å²) < 4.78 is 0. The Morgan fingerprint density at radius 3 is 2.75 bits per heavy atom. The molecule has 2 fully saturated rings. The molecule has 4 heteroatoms. The molecular weight excluding hydrogens is 268 g/mol. The molecule has 1 aromatic rings. The molecule has 110 valence electrons. The van der Waals surface area contributed by atoms with Crippen LogP contribution in [0.2, 0.25) is 0 Å². The average molecular weight is 292 g/mol. The van der Waals surface area contributed by atoms with Gasteiger partial charge in [-0.2, -0.15) is 0 Å². The molecular formula is C16H24N2OS. The Morgan fingerprint density at radius 1 is 1.35 bits per heavy atom. The number of nitrogens with zero attached hydrogens (tertiary/aromatic N) is 1. The molecule has 0 radical (unpaired) electrons. The van der Waals surface area contributed by atoms with E-state index in [1.54, 1.807) is 11.3 Å². The van der Waals surface area contributed by atoms with E-state index < -0.39 is 0 Å². The second kappa shape index (κ2) is 5.49. The number of nitrogens with one attached hydrogen (secondary N) is 1. The third-order valence-corrected chi connectivity index (χ3v) is 5.93. The van der Waals surface area contributed by atoms with Gasteiger partial charge in [-0.3, -0.25) is 10.1 Å². The number of hydrogen-bond donors (Lipinski definition) is 1. The molecule has 2 aliphatic rings. The first-order valence-corrected chi connectivity index (χ1v) is 8.51. The molecule has 3 nitrogen and oxygen atoms in total. The molecule has 4 unspecified atom stereocenters. The highest BCUT2D eigenvalue weighted by molar-refractivity contribution is 7.12. The fourth-order valence-corrected chi connectivity index (χ4v) is 4.50. The van der Waals surface area contributed by atoms with Crippen LogP contribution < -0.4 is 5.32 Å². The van der Waals surface area contributed by atoms with Crippen molar-refractivity contribution in [3.05, 3.63) is 21.9 Å². The minimum Gasteiger partial charge on any atom is -0.320 e. The van der Waals surface area contributed by atoms with Crippen LogP contribution in [0.1, 0.15) is 49.0 Å². The minimum atomic E-state index is -0.0564. The van der Waals surface area contributed by atoms with Gasteiger partial charge in [0.05, 0.1) is 6.04 Å². The van der Waals surface area contributed by atoms with Gasteiger partial charge in [0.1, 0.15) is 6.17 Å². The van der Waals surface area contributed by atoms with E-state index in [9.17, 15) is 4.79 Å². The fourth-order valence-electron chi connectivity index (χ4n) is 3.55. The SMILES string of the molecule is Cc1ccc(C2NC(C)C(=O)N2CC2CCCC2C)s1. The number of hydrogen-bond acceptors (Lipinski definition) is 3. The van der Waals surface area contributed by atoms with Crippen molar-refractivity contribution in [2.45, 2.75) is 52.2 Å².